The van der Waals surface area contributed by atoms with Crippen LogP contribution in [0.15, 0.2) is 61.1 Å². The monoisotopic (exact) mass is 383 g/mol. The molecule has 138 valence electrons. The van der Waals surface area contributed by atoms with Crippen LogP contribution in [0.25, 0.3) is 22.4 Å². The summed E-state index contributed by atoms with van der Waals surface area (Å²) in [6, 6.07) is 11.2. The van der Waals surface area contributed by atoms with Crippen LogP contribution < -0.4 is 5.32 Å². The van der Waals surface area contributed by atoms with Gasteiger partial charge < -0.3 is 18.6 Å². The lowest BCUT2D eigenvalue weighted by molar-refractivity contribution is -0.119. The van der Waals surface area contributed by atoms with Gasteiger partial charge in [0.05, 0.1) is 23.6 Å². The molecule has 0 radical (unpaired) electrons. The Kier molecular flexibility index (Phi) is 4.72. The van der Waals surface area contributed by atoms with E-state index < -0.39 is 0 Å². The highest BCUT2D eigenvalue weighted by molar-refractivity contribution is 7.99. The predicted molar refractivity (Wildman–Crippen MR) is 100 cm³/mol. The van der Waals surface area contributed by atoms with E-state index in [1.54, 1.807) is 12.3 Å². The largest absolute Gasteiger partial charge is 0.469 e. The van der Waals surface area contributed by atoms with Gasteiger partial charge in [-0.1, -0.05) is 30.0 Å². The lowest BCUT2D eigenvalue weighted by Gasteiger charge is -2.10. The summed E-state index contributed by atoms with van der Waals surface area (Å²) in [5.41, 5.74) is 1.55. The van der Waals surface area contributed by atoms with Gasteiger partial charge in [0.15, 0.2) is 0 Å². The number of aromatic nitrogens is 2. The van der Waals surface area contributed by atoms with Crippen molar-refractivity contribution in [1.29, 1.82) is 0 Å². The Morgan fingerprint density at radius 3 is 2.85 bits per heavy atom. The molecule has 8 heteroatoms. The second-order valence-corrected chi connectivity index (χ2v) is 6.95. The average Bonchev–Trinajstić information content (AvgIpc) is 3.38. The number of nitrogens with one attached hydrogen (secondary N) is 1. The highest BCUT2D eigenvalue weighted by atomic mass is 32.2. The molecule has 1 N–H and O–H groups in total. The van der Waals surface area contributed by atoms with Crippen molar-refractivity contribution in [2.24, 2.45) is 0 Å². The molecule has 0 aliphatic rings. The van der Waals surface area contributed by atoms with Crippen molar-refractivity contribution < 1.29 is 18.0 Å². The second kappa shape index (κ2) is 7.32. The van der Waals surface area contributed by atoms with Crippen molar-refractivity contribution in [2.45, 2.75) is 25.1 Å². The zero-order valence-electron chi connectivity index (χ0n) is 14.8. The van der Waals surface area contributed by atoms with Gasteiger partial charge in [-0.15, -0.1) is 10.2 Å². The molecule has 0 bridgehead atoms. The van der Waals surface area contributed by atoms with Gasteiger partial charge in [0, 0.05) is 5.39 Å². The molecule has 0 aliphatic heterocycles. The number of benzene rings is 1. The lowest BCUT2D eigenvalue weighted by atomic mass is 10.2. The Labute approximate surface area is 159 Å². The summed E-state index contributed by atoms with van der Waals surface area (Å²) < 4.78 is 16.6. The fourth-order valence-corrected chi connectivity index (χ4v) is 3.26. The maximum atomic E-state index is 12.2. The third-order valence-corrected chi connectivity index (χ3v) is 4.89. The standard InChI is InChI=1S/C19H17N3O4S/c1-11(16-9-13-5-3-4-6-15(13)25-16)20-17(23)10-27-19-22-21-18(26-19)14-7-8-24-12(14)2/h3-9,11H,10H2,1-2H3,(H,20,23)/t11-/m0/s1. The van der Waals surface area contributed by atoms with E-state index >= 15 is 0 Å². The number of para-hydroxylation sites is 1. The van der Waals surface area contributed by atoms with Crippen LogP contribution in [-0.4, -0.2) is 21.9 Å². The fraction of sp³-hybridized carbons (Fsp3) is 0.211. The van der Waals surface area contributed by atoms with Crippen molar-refractivity contribution in [3.8, 4) is 11.5 Å². The lowest BCUT2D eigenvalue weighted by Crippen LogP contribution is -2.27. The number of carbonyl (C=O) groups is 1. The third kappa shape index (κ3) is 3.75. The zero-order valence-corrected chi connectivity index (χ0v) is 15.6. The molecule has 7 nitrogen and oxygen atoms in total. The minimum absolute atomic E-state index is 0.146. The summed E-state index contributed by atoms with van der Waals surface area (Å²) in [5.74, 6) is 1.81. The van der Waals surface area contributed by atoms with Crippen LogP contribution in [0.3, 0.4) is 0 Å². The first-order valence-corrected chi connectivity index (χ1v) is 9.37. The number of rotatable bonds is 6. The highest BCUT2D eigenvalue weighted by Gasteiger charge is 2.17. The van der Waals surface area contributed by atoms with Crippen molar-refractivity contribution in [3.63, 3.8) is 0 Å². The Morgan fingerprint density at radius 2 is 2.07 bits per heavy atom. The van der Waals surface area contributed by atoms with Crippen LogP contribution in [0.4, 0.5) is 0 Å². The van der Waals surface area contributed by atoms with Crippen LogP contribution >= 0.6 is 11.8 Å². The molecule has 4 aromatic rings. The quantitative estimate of drug-likeness (QED) is 0.495. The maximum absolute atomic E-state index is 12.2. The molecule has 27 heavy (non-hydrogen) atoms. The molecule has 0 unspecified atom stereocenters. The normalized spacial score (nSPS) is 12.4. The molecule has 3 aromatic heterocycles. The SMILES string of the molecule is Cc1occc1-c1nnc(SCC(=O)N[C@@H](C)c2cc3ccccc3o2)o1. The smallest absolute Gasteiger partial charge is 0.277 e. The predicted octanol–water partition coefficient (Wildman–Crippen LogP) is 4.35. The summed E-state index contributed by atoms with van der Waals surface area (Å²) in [6.45, 7) is 3.70. The number of amides is 1. The van der Waals surface area contributed by atoms with Gasteiger partial charge in [-0.3, -0.25) is 4.79 Å². The molecule has 1 amide bonds. The minimum atomic E-state index is -0.239. The molecule has 0 aliphatic carbocycles. The Bertz CT molecular complexity index is 1050. The average molecular weight is 383 g/mol. The molecule has 1 atom stereocenters. The summed E-state index contributed by atoms with van der Waals surface area (Å²) in [5, 5.41) is 12.2. The molecular formula is C19H17N3O4S. The van der Waals surface area contributed by atoms with Crippen LogP contribution in [0.2, 0.25) is 0 Å². The molecule has 3 heterocycles. The summed E-state index contributed by atoms with van der Waals surface area (Å²) in [7, 11) is 0. The zero-order chi connectivity index (χ0) is 18.8. The maximum Gasteiger partial charge on any atom is 0.277 e. The molecule has 0 fully saturated rings. The van der Waals surface area contributed by atoms with E-state index in [1.165, 1.54) is 11.8 Å². The Balaban J connectivity index is 1.34. The molecule has 0 saturated heterocycles. The van der Waals surface area contributed by atoms with Gasteiger partial charge in [-0.2, -0.15) is 0 Å². The molecule has 0 spiro atoms. The summed E-state index contributed by atoms with van der Waals surface area (Å²) >= 11 is 1.18. The van der Waals surface area contributed by atoms with Crippen molar-refractivity contribution >= 4 is 28.6 Å². The summed E-state index contributed by atoms with van der Waals surface area (Å²) in [4.78, 5) is 12.2. The van der Waals surface area contributed by atoms with Crippen LogP contribution in [0.5, 0.6) is 0 Å². The highest BCUT2D eigenvalue weighted by Crippen LogP contribution is 2.27. The number of fused-ring (bicyclic) bond motifs is 1. The van der Waals surface area contributed by atoms with Crippen molar-refractivity contribution in [1.82, 2.24) is 15.5 Å². The van der Waals surface area contributed by atoms with E-state index in [9.17, 15) is 4.79 Å². The summed E-state index contributed by atoms with van der Waals surface area (Å²) in [6.07, 6.45) is 1.56. The van der Waals surface area contributed by atoms with E-state index in [4.69, 9.17) is 13.3 Å². The first-order valence-electron chi connectivity index (χ1n) is 8.39. The Hall–Kier alpha value is -3.00. The van der Waals surface area contributed by atoms with Gasteiger partial charge >= 0.3 is 0 Å². The van der Waals surface area contributed by atoms with E-state index in [-0.39, 0.29) is 17.7 Å². The molecule has 1 aromatic carbocycles. The topological polar surface area (TPSA) is 94.3 Å². The van der Waals surface area contributed by atoms with Crippen molar-refractivity contribution in [2.75, 3.05) is 5.75 Å². The van der Waals surface area contributed by atoms with Gasteiger partial charge in [0.25, 0.3) is 11.1 Å². The van der Waals surface area contributed by atoms with Crippen LogP contribution in [0, 0.1) is 6.92 Å². The number of carbonyl (C=O) groups excluding carboxylic acids is 1. The van der Waals surface area contributed by atoms with Gasteiger partial charge in [0.2, 0.25) is 5.91 Å². The van der Waals surface area contributed by atoms with E-state index in [0.29, 0.717) is 22.6 Å². The molecule has 4 rings (SSSR count). The number of thioether (sulfide) groups is 1. The van der Waals surface area contributed by atoms with E-state index in [2.05, 4.69) is 15.5 Å². The van der Waals surface area contributed by atoms with Crippen molar-refractivity contribution in [3.05, 3.63) is 54.2 Å². The fourth-order valence-electron chi connectivity index (χ4n) is 2.68. The van der Waals surface area contributed by atoms with Gasteiger partial charge in [0.1, 0.15) is 17.1 Å². The number of aryl methyl sites for hydroxylation is 1. The Morgan fingerprint density at radius 1 is 1.22 bits per heavy atom. The van der Waals surface area contributed by atoms with E-state index in [1.807, 2.05) is 44.2 Å². The number of furan rings is 2. The molecule has 0 saturated carbocycles. The third-order valence-electron chi connectivity index (χ3n) is 4.07. The second-order valence-electron chi connectivity index (χ2n) is 6.03. The van der Waals surface area contributed by atoms with Crippen LogP contribution in [0.1, 0.15) is 24.5 Å². The first kappa shape index (κ1) is 17.4. The first-order chi connectivity index (χ1) is 13.1. The van der Waals surface area contributed by atoms with E-state index in [0.717, 1.165) is 16.5 Å². The molecular weight excluding hydrogens is 366 g/mol. The minimum Gasteiger partial charge on any atom is -0.469 e. The van der Waals surface area contributed by atoms with Crippen LogP contribution in [-0.2, 0) is 4.79 Å². The van der Waals surface area contributed by atoms with Gasteiger partial charge in [-0.25, -0.2) is 0 Å². The number of hydrogen-bond donors (Lipinski definition) is 1. The van der Waals surface area contributed by atoms with Gasteiger partial charge in [-0.05, 0) is 32.0 Å². The number of nitrogens with zero attached hydrogens (tertiary/aromatic N) is 2. The number of hydrogen-bond acceptors (Lipinski definition) is 7.